The molecule has 0 bridgehead atoms. The van der Waals surface area contributed by atoms with Crippen LogP contribution in [-0.4, -0.2) is 23.6 Å². The van der Waals surface area contributed by atoms with Crippen LogP contribution in [0.1, 0.15) is 30.8 Å². The monoisotopic (exact) mass is 254 g/mol. The number of hydrogen-bond donors (Lipinski definition) is 1. The maximum atomic E-state index is 11.8. The number of ether oxygens (including phenoxy) is 1. The lowest BCUT2D eigenvalue weighted by atomic mass is 10.3. The van der Waals surface area contributed by atoms with E-state index in [0.29, 0.717) is 11.7 Å². The molecule has 1 aromatic rings. The summed E-state index contributed by atoms with van der Waals surface area (Å²) < 4.78 is 5.40. The summed E-state index contributed by atoms with van der Waals surface area (Å²) in [5.41, 5.74) is 1.07. The molecule has 1 N–H and O–H groups in total. The van der Waals surface area contributed by atoms with Gasteiger partial charge in [-0.1, -0.05) is 6.92 Å². The van der Waals surface area contributed by atoms with E-state index < -0.39 is 0 Å². The van der Waals surface area contributed by atoms with Crippen molar-refractivity contribution in [2.75, 3.05) is 11.9 Å². The normalized spacial score (nSPS) is 22.5. The van der Waals surface area contributed by atoms with Gasteiger partial charge in [0.05, 0.1) is 17.7 Å². The standard InChI is InChI=1S/C12H18N2O2S/c1-4-9-7(3)17-12(13-9)14-11(15)8-6-10(8)16-5-2/h8,10H,4-6H2,1-3H3,(H,13,14,15)/t8-,10-/m1/s1. The molecule has 2 rings (SSSR count). The first-order valence-corrected chi connectivity index (χ1v) is 6.86. The molecule has 0 saturated heterocycles. The number of nitrogens with zero attached hydrogens (tertiary/aromatic N) is 1. The maximum absolute atomic E-state index is 11.8. The molecule has 0 spiro atoms. The van der Waals surface area contributed by atoms with Crippen molar-refractivity contribution in [1.29, 1.82) is 0 Å². The lowest BCUT2D eigenvalue weighted by Gasteiger charge is -2.00. The van der Waals surface area contributed by atoms with E-state index in [1.165, 1.54) is 4.88 Å². The van der Waals surface area contributed by atoms with Crippen LogP contribution >= 0.6 is 11.3 Å². The Bertz CT molecular complexity index is 417. The third kappa shape index (κ3) is 2.84. The molecule has 1 aliphatic rings. The first-order valence-electron chi connectivity index (χ1n) is 6.04. The average Bonchev–Trinajstić information content (AvgIpc) is 2.97. The molecule has 94 valence electrons. The van der Waals surface area contributed by atoms with E-state index >= 15 is 0 Å². The van der Waals surface area contributed by atoms with Crippen molar-refractivity contribution in [3.8, 4) is 0 Å². The molecule has 1 saturated carbocycles. The molecule has 1 amide bonds. The van der Waals surface area contributed by atoms with Gasteiger partial charge in [0.1, 0.15) is 0 Å². The zero-order chi connectivity index (χ0) is 12.4. The Hall–Kier alpha value is -0.940. The Kier molecular flexibility index (Phi) is 3.79. The fourth-order valence-corrected chi connectivity index (χ4v) is 2.76. The zero-order valence-electron chi connectivity index (χ0n) is 10.4. The molecule has 0 unspecified atom stereocenters. The van der Waals surface area contributed by atoms with E-state index in [0.717, 1.165) is 18.5 Å². The summed E-state index contributed by atoms with van der Waals surface area (Å²) in [5.74, 6) is 0.0593. The summed E-state index contributed by atoms with van der Waals surface area (Å²) in [7, 11) is 0. The molecule has 17 heavy (non-hydrogen) atoms. The number of thiazole rings is 1. The van der Waals surface area contributed by atoms with Crippen LogP contribution < -0.4 is 5.32 Å². The SMILES string of the molecule is CCO[C@@H]1C[C@H]1C(=O)Nc1nc(CC)c(C)s1. The predicted molar refractivity (Wildman–Crippen MR) is 68.4 cm³/mol. The highest BCUT2D eigenvalue weighted by Crippen LogP contribution is 2.35. The zero-order valence-corrected chi connectivity index (χ0v) is 11.3. The number of amides is 1. The van der Waals surface area contributed by atoms with Crippen molar-refractivity contribution in [2.45, 2.75) is 39.7 Å². The lowest BCUT2D eigenvalue weighted by Crippen LogP contribution is -2.16. The lowest BCUT2D eigenvalue weighted by molar-refractivity contribution is -0.118. The highest BCUT2D eigenvalue weighted by Gasteiger charge is 2.44. The van der Waals surface area contributed by atoms with Crippen molar-refractivity contribution < 1.29 is 9.53 Å². The fourth-order valence-electron chi connectivity index (χ4n) is 1.85. The van der Waals surface area contributed by atoms with E-state index in [4.69, 9.17) is 4.74 Å². The molecule has 4 nitrogen and oxygen atoms in total. The molecular weight excluding hydrogens is 236 g/mol. The second kappa shape index (κ2) is 5.14. The van der Waals surface area contributed by atoms with Gasteiger partial charge < -0.3 is 10.1 Å². The largest absolute Gasteiger partial charge is 0.378 e. The van der Waals surface area contributed by atoms with Gasteiger partial charge >= 0.3 is 0 Å². The van der Waals surface area contributed by atoms with Crippen molar-refractivity contribution in [3.05, 3.63) is 10.6 Å². The van der Waals surface area contributed by atoms with Crippen LogP contribution in [0.15, 0.2) is 0 Å². The van der Waals surface area contributed by atoms with Crippen LogP contribution in [0, 0.1) is 12.8 Å². The van der Waals surface area contributed by atoms with Gasteiger partial charge in [0.25, 0.3) is 0 Å². The van der Waals surface area contributed by atoms with Crippen LogP contribution in [0.3, 0.4) is 0 Å². The molecule has 1 fully saturated rings. The second-order valence-corrected chi connectivity index (χ2v) is 5.40. The molecular formula is C12H18N2O2S. The number of nitrogens with one attached hydrogen (secondary N) is 1. The summed E-state index contributed by atoms with van der Waals surface area (Å²) in [6.07, 6.45) is 1.86. The number of aromatic nitrogens is 1. The Balaban J connectivity index is 1.90. The van der Waals surface area contributed by atoms with E-state index in [2.05, 4.69) is 17.2 Å². The van der Waals surface area contributed by atoms with Crippen molar-refractivity contribution >= 4 is 22.4 Å². The van der Waals surface area contributed by atoms with Crippen LogP contribution in [-0.2, 0) is 16.0 Å². The maximum Gasteiger partial charge on any atom is 0.231 e. The molecule has 0 aromatic carbocycles. The highest BCUT2D eigenvalue weighted by atomic mass is 32.1. The van der Waals surface area contributed by atoms with Gasteiger partial charge in [-0.25, -0.2) is 4.98 Å². The van der Waals surface area contributed by atoms with Crippen LogP contribution in [0.4, 0.5) is 5.13 Å². The second-order valence-electron chi connectivity index (χ2n) is 4.20. The molecule has 2 atom stereocenters. The summed E-state index contributed by atoms with van der Waals surface area (Å²) in [6.45, 7) is 6.72. The quantitative estimate of drug-likeness (QED) is 0.877. The minimum atomic E-state index is 0.0178. The first-order chi connectivity index (χ1) is 8.15. The average molecular weight is 254 g/mol. The number of aryl methyl sites for hydroxylation is 2. The molecule has 0 radical (unpaired) electrons. The predicted octanol–water partition coefficient (Wildman–Crippen LogP) is 2.38. The van der Waals surface area contributed by atoms with Gasteiger partial charge in [-0.3, -0.25) is 4.79 Å². The molecule has 1 heterocycles. The van der Waals surface area contributed by atoms with Gasteiger partial charge in [0, 0.05) is 11.5 Å². The van der Waals surface area contributed by atoms with Gasteiger partial charge in [0.15, 0.2) is 5.13 Å². The Morgan fingerprint density at radius 1 is 1.59 bits per heavy atom. The summed E-state index contributed by atoms with van der Waals surface area (Å²) >= 11 is 1.54. The van der Waals surface area contributed by atoms with E-state index in [9.17, 15) is 4.79 Å². The first kappa shape index (κ1) is 12.5. The van der Waals surface area contributed by atoms with Crippen LogP contribution in [0.25, 0.3) is 0 Å². The number of rotatable bonds is 5. The Morgan fingerprint density at radius 2 is 2.35 bits per heavy atom. The smallest absolute Gasteiger partial charge is 0.231 e. The minimum Gasteiger partial charge on any atom is -0.378 e. The van der Waals surface area contributed by atoms with E-state index in [1.54, 1.807) is 11.3 Å². The van der Waals surface area contributed by atoms with Crippen LogP contribution in [0.2, 0.25) is 0 Å². The highest BCUT2D eigenvalue weighted by molar-refractivity contribution is 7.15. The van der Waals surface area contributed by atoms with Gasteiger partial charge in [-0.05, 0) is 26.7 Å². The molecule has 1 aromatic heterocycles. The van der Waals surface area contributed by atoms with Gasteiger partial charge in [-0.15, -0.1) is 11.3 Å². The van der Waals surface area contributed by atoms with Crippen molar-refractivity contribution in [2.24, 2.45) is 5.92 Å². The summed E-state index contributed by atoms with van der Waals surface area (Å²) in [5, 5.41) is 3.59. The Morgan fingerprint density at radius 3 is 2.94 bits per heavy atom. The third-order valence-electron chi connectivity index (χ3n) is 2.91. The minimum absolute atomic E-state index is 0.0178. The van der Waals surface area contributed by atoms with Gasteiger partial charge in [0.2, 0.25) is 5.91 Å². The third-order valence-corrected chi connectivity index (χ3v) is 3.84. The number of anilines is 1. The number of carbonyl (C=O) groups excluding carboxylic acids is 1. The topological polar surface area (TPSA) is 51.2 Å². The molecule has 0 aliphatic heterocycles. The molecule has 1 aliphatic carbocycles. The molecule has 5 heteroatoms. The number of hydrogen-bond acceptors (Lipinski definition) is 4. The summed E-state index contributed by atoms with van der Waals surface area (Å²) in [4.78, 5) is 17.4. The Labute approximate surface area is 105 Å². The van der Waals surface area contributed by atoms with Crippen molar-refractivity contribution in [3.63, 3.8) is 0 Å². The van der Waals surface area contributed by atoms with Crippen molar-refractivity contribution in [1.82, 2.24) is 4.98 Å². The number of carbonyl (C=O) groups is 1. The fraction of sp³-hybridized carbons (Fsp3) is 0.667. The van der Waals surface area contributed by atoms with Crippen LogP contribution in [0.5, 0.6) is 0 Å². The summed E-state index contributed by atoms with van der Waals surface area (Å²) in [6, 6.07) is 0. The van der Waals surface area contributed by atoms with E-state index in [-0.39, 0.29) is 17.9 Å². The van der Waals surface area contributed by atoms with E-state index in [1.807, 2.05) is 13.8 Å². The van der Waals surface area contributed by atoms with Gasteiger partial charge in [-0.2, -0.15) is 0 Å².